The van der Waals surface area contributed by atoms with Gasteiger partial charge < -0.3 is 10.4 Å². The molecule has 0 spiro atoms. The molecule has 0 aromatic heterocycles. The lowest BCUT2D eigenvalue weighted by atomic mass is 9.99. The van der Waals surface area contributed by atoms with E-state index in [0.717, 1.165) is 23.6 Å². The Balaban J connectivity index is 1.50. The van der Waals surface area contributed by atoms with Gasteiger partial charge in [-0.05, 0) is 49.8 Å². The number of aliphatic hydroxyl groups is 1. The Morgan fingerprint density at radius 3 is 2.65 bits per heavy atom. The molecular formula is C16H22ClNOS. The molecule has 0 heterocycles. The van der Waals surface area contributed by atoms with Crippen molar-refractivity contribution in [3.05, 3.63) is 34.9 Å². The summed E-state index contributed by atoms with van der Waals surface area (Å²) in [4.78, 5) is 0. The van der Waals surface area contributed by atoms with Crippen LogP contribution in [0.25, 0.3) is 0 Å². The first-order chi connectivity index (χ1) is 9.69. The van der Waals surface area contributed by atoms with E-state index < -0.39 is 0 Å². The summed E-state index contributed by atoms with van der Waals surface area (Å²) in [6, 6.07) is 8.79. The lowest BCUT2D eigenvalue weighted by Gasteiger charge is -2.28. The highest BCUT2D eigenvalue weighted by Gasteiger charge is 2.41. The number of hydrogen-bond donors (Lipinski definition) is 2. The van der Waals surface area contributed by atoms with E-state index in [4.69, 9.17) is 11.6 Å². The first-order valence-corrected chi connectivity index (χ1v) is 8.86. The van der Waals surface area contributed by atoms with Gasteiger partial charge in [-0.25, -0.2) is 0 Å². The van der Waals surface area contributed by atoms with E-state index in [2.05, 4.69) is 17.4 Å². The Morgan fingerprint density at radius 1 is 1.25 bits per heavy atom. The molecule has 0 bridgehead atoms. The van der Waals surface area contributed by atoms with Crippen LogP contribution in [0.2, 0.25) is 5.02 Å². The second kappa shape index (κ2) is 6.27. The van der Waals surface area contributed by atoms with Crippen molar-refractivity contribution in [2.45, 2.75) is 54.7 Å². The molecule has 3 rings (SSSR count). The molecule has 20 heavy (non-hydrogen) atoms. The lowest BCUT2D eigenvalue weighted by Crippen LogP contribution is -2.47. The van der Waals surface area contributed by atoms with Crippen LogP contribution in [-0.4, -0.2) is 28.5 Å². The maximum absolute atomic E-state index is 9.74. The summed E-state index contributed by atoms with van der Waals surface area (Å²) in [6.07, 6.45) is 5.98. The average Bonchev–Trinajstić information content (AvgIpc) is 3.17. The van der Waals surface area contributed by atoms with Gasteiger partial charge in [0.05, 0.1) is 6.61 Å². The average molecular weight is 312 g/mol. The minimum absolute atomic E-state index is 0.00116. The van der Waals surface area contributed by atoms with Crippen LogP contribution in [0.4, 0.5) is 0 Å². The van der Waals surface area contributed by atoms with Gasteiger partial charge in [0.2, 0.25) is 0 Å². The molecule has 2 unspecified atom stereocenters. The van der Waals surface area contributed by atoms with Gasteiger partial charge in [0.15, 0.2) is 0 Å². The zero-order valence-corrected chi connectivity index (χ0v) is 13.2. The normalized spacial score (nSPS) is 29.8. The number of rotatable bonds is 6. The Bertz CT molecular complexity index is 448. The molecule has 1 aromatic rings. The van der Waals surface area contributed by atoms with Crippen molar-refractivity contribution in [2.75, 3.05) is 6.61 Å². The second-order valence-corrected chi connectivity index (χ2v) is 7.88. The van der Waals surface area contributed by atoms with E-state index in [9.17, 15) is 5.11 Å². The molecule has 2 aliphatic carbocycles. The first kappa shape index (κ1) is 14.7. The van der Waals surface area contributed by atoms with Crippen LogP contribution >= 0.6 is 23.4 Å². The van der Waals surface area contributed by atoms with Gasteiger partial charge in [0.1, 0.15) is 0 Å². The molecule has 0 radical (unpaired) electrons. The van der Waals surface area contributed by atoms with Crippen LogP contribution in [0.1, 0.15) is 37.7 Å². The van der Waals surface area contributed by atoms with Crippen molar-refractivity contribution in [2.24, 2.45) is 0 Å². The summed E-state index contributed by atoms with van der Waals surface area (Å²) in [5.74, 6) is 1.03. The van der Waals surface area contributed by atoms with Gasteiger partial charge in [-0.15, -0.1) is 0 Å². The van der Waals surface area contributed by atoms with E-state index in [1.807, 2.05) is 23.9 Å². The van der Waals surface area contributed by atoms with Crippen LogP contribution in [0.5, 0.6) is 0 Å². The molecule has 4 heteroatoms. The number of aliphatic hydroxyl groups excluding tert-OH is 1. The number of hydrogen-bond acceptors (Lipinski definition) is 3. The monoisotopic (exact) mass is 311 g/mol. The van der Waals surface area contributed by atoms with Crippen molar-refractivity contribution in [3.63, 3.8) is 0 Å². The third-order valence-corrected chi connectivity index (χ3v) is 5.98. The predicted molar refractivity (Wildman–Crippen MR) is 86.4 cm³/mol. The predicted octanol–water partition coefficient (Wildman–Crippen LogP) is 3.61. The summed E-state index contributed by atoms with van der Waals surface area (Å²) < 4.78 is 0. The summed E-state index contributed by atoms with van der Waals surface area (Å²) in [5, 5.41) is 14.9. The molecule has 110 valence electrons. The summed E-state index contributed by atoms with van der Waals surface area (Å²) in [6.45, 7) is 0.279. The van der Waals surface area contributed by atoms with Gasteiger partial charge in [-0.1, -0.05) is 23.7 Å². The number of benzene rings is 1. The van der Waals surface area contributed by atoms with E-state index in [1.54, 1.807) is 0 Å². The Hall–Kier alpha value is -0.220. The van der Waals surface area contributed by atoms with E-state index in [1.165, 1.54) is 24.8 Å². The highest BCUT2D eigenvalue weighted by molar-refractivity contribution is 7.99. The van der Waals surface area contributed by atoms with E-state index in [0.29, 0.717) is 11.3 Å². The largest absolute Gasteiger partial charge is 0.394 e. The lowest BCUT2D eigenvalue weighted by molar-refractivity contribution is 0.163. The fourth-order valence-electron chi connectivity index (χ4n) is 3.00. The molecule has 2 nitrogen and oxygen atoms in total. The molecule has 1 aromatic carbocycles. The number of halogens is 1. The molecule has 0 amide bonds. The van der Waals surface area contributed by atoms with Gasteiger partial charge in [-0.2, -0.15) is 11.8 Å². The van der Waals surface area contributed by atoms with E-state index >= 15 is 0 Å². The third kappa shape index (κ3) is 3.70. The van der Waals surface area contributed by atoms with E-state index in [-0.39, 0.29) is 12.1 Å². The molecule has 2 N–H and O–H groups in total. The second-order valence-electron chi connectivity index (χ2n) is 6.16. The van der Waals surface area contributed by atoms with Crippen LogP contribution in [0.15, 0.2) is 24.3 Å². The zero-order valence-electron chi connectivity index (χ0n) is 11.6. The van der Waals surface area contributed by atoms with Gasteiger partial charge in [0.25, 0.3) is 0 Å². The molecule has 0 saturated heterocycles. The zero-order chi connectivity index (χ0) is 14.0. The quantitative estimate of drug-likeness (QED) is 0.842. The summed E-state index contributed by atoms with van der Waals surface area (Å²) in [7, 11) is 0. The molecule has 2 atom stereocenters. The summed E-state index contributed by atoms with van der Waals surface area (Å²) in [5.41, 5.74) is 1.33. The molecule has 2 fully saturated rings. The van der Waals surface area contributed by atoms with Crippen molar-refractivity contribution >= 4 is 23.4 Å². The maximum Gasteiger partial charge on any atom is 0.0613 e. The topological polar surface area (TPSA) is 32.3 Å². The standard InChI is InChI=1S/C16H22ClNOS/c17-13-3-1-12(2-4-13)10-20-15-7-8-16(9-15,11-19)18-14-5-6-14/h1-4,14-15,18-19H,5-11H2. The van der Waals surface area contributed by atoms with Crippen LogP contribution in [0, 0.1) is 0 Å². The van der Waals surface area contributed by atoms with Gasteiger partial charge in [-0.3, -0.25) is 0 Å². The fraction of sp³-hybridized carbons (Fsp3) is 0.625. The van der Waals surface area contributed by atoms with Gasteiger partial charge in [0, 0.05) is 27.6 Å². The SMILES string of the molecule is OCC1(NC2CC2)CCC(SCc2ccc(Cl)cc2)C1. The van der Waals surface area contributed by atoms with Crippen molar-refractivity contribution in [3.8, 4) is 0 Å². The number of thioether (sulfide) groups is 1. The smallest absolute Gasteiger partial charge is 0.0613 e. The summed E-state index contributed by atoms with van der Waals surface area (Å²) >= 11 is 7.92. The highest BCUT2D eigenvalue weighted by Crippen LogP contribution is 2.40. The maximum atomic E-state index is 9.74. The van der Waals surface area contributed by atoms with Gasteiger partial charge >= 0.3 is 0 Å². The minimum atomic E-state index is -0.00116. The molecule has 0 aliphatic heterocycles. The number of nitrogens with one attached hydrogen (secondary N) is 1. The molecule has 2 aliphatic rings. The van der Waals surface area contributed by atoms with Crippen LogP contribution in [0.3, 0.4) is 0 Å². The highest BCUT2D eigenvalue weighted by atomic mass is 35.5. The van der Waals surface area contributed by atoms with Crippen molar-refractivity contribution in [1.29, 1.82) is 0 Å². The fourth-order valence-corrected chi connectivity index (χ4v) is 4.46. The third-order valence-electron chi connectivity index (χ3n) is 4.35. The minimum Gasteiger partial charge on any atom is -0.394 e. The van der Waals surface area contributed by atoms with Crippen molar-refractivity contribution < 1.29 is 5.11 Å². The molecule has 2 saturated carbocycles. The first-order valence-electron chi connectivity index (χ1n) is 7.44. The Morgan fingerprint density at radius 2 is 2.00 bits per heavy atom. The Labute approximate surface area is 130 Å². The van der Waals surface area contributed by atoms with Crippen LogP contribution < -0.4 is 5.32 Å². The Kier molecular flexibility index (Phi) is 4.61. The van der Waals surface area contributed by atoms with Crippen molar-refractivity contribution in [1.82, 2.24) is 5.32 Å². The van der Waals surface area contributed by atoms with Crippen LogP contribution in [-0.2, 0) is 5.75 Å². The molecular weight excluding hydrogens is 290 g/mol.